The largest absolute Gasteiger partial charge is 0.494 e. The maximum absolute atomic E-state index is 15.6. The van der Waals surface area contributed by atoms with Crippen molar-refractivity contribution in [1.29, 1.82) is 0 Å². The van der Waals surface area contributed by atoms with Crippen molar-refractivity contribution in [2.75, 3.05) is 51.2 Å². The second-order valence-electron chi connectivity index (χ2n) is 11.5. The van der Waals surface area contributed by atoms with Gasteiger partial charge in [-0.15, -0.1) is 0 Å². The number of amides is 1. The molecule has 0 atom stereocenters. The van der Waals surface area contributed by atoms with Crippen molar-refractivity contribution in [3.05, 3.63) is 77.7 Å². The molecular formula is C32H37FN4O5S. The maximum Gasteiger partial charge on any atom is 0.268 e. The number of fused-ring (bicyclic) bond motifs is 1. The Morgan fingerprint density at radius 3 is 2.47 bits per heavy atom. The molecule has 2 heterocycles. The molecule has 1 aromatic heterocycles. The number of carbonyl (C=O) groups excluding carboxylic acids is 1. The summed E-state index contributed by atoms with van der Waals surface area (Å²) < 4.78 is 55.4. The molecule has 5 rings (SSSR count). The summed E-state index contributed by atoms with van der Waals surface area (Å²) in [5.74, 6) is -0.998. The predicted molar refractivity (Wildman–Crippen MR) is 166 cm³/mol. The summed E-state index contributed by atoms with van der Waals surface area (Å²) in [5, 5.41) is 3.42. The van der Waals surface area contributed by atoms with Gasteiger partial charge in [-0.1, -0.05) is 45.0 Å². The van der Waals surface area contributed by atoms with E-state index in [4.69, 9.17) is 9.47 Å². The summed E-state index contributed by atoms with van der Waals surface area (Å²) in [6, 6.07) is 16.3. The van der Waals surface area contributed by atoms with Gasteiger partial charge >= 0.3 is 0 Å². The molecule has 1 aliphatic rings. The Morgan fingerprint density at radius 2 is 1.79 bits per heavy atom. The van der Waals surface area contributed by atoms with Gasteiger partial charge in [0, 0.05) is 53.9 Å². The van der Waals surface area contributed by atoms with Crippen LogP contribution >= 0.6 is 0 Å². The monoisotopic (exact) mass is 608 g/mol. The van der Waals surface area contributed by atoms with Crippen molar-refractivity contribution in [3.63, 3.8) is 0 Å². The molecule has 228 valence electrons. The van der Waals surface area contributed by atoms with E-state index in [-0.39, 0.29) is 33.0 Å². The molecule has 0 aliphatic carbocycles. The number of nitrogens with zero attached hydrogens (tertiary/aromatic N) is 1. The number of halogens is 1. The number of carbonyl (C=O) groups is 1. The summed E-state index contributed by atoms with van der Waals surface area (Å²) >= 11 is 0. The van der Waals surface area contributed by atoms with E-state index < -0.39 is 21.7 Å². The molecule has 3 N–H and O–H groups in total. The SMILES string of the molecule is COc1cccc(-c2c(C(=O)NCCN3CCOCC3)[nH]c3ccc(NS(=O)(=O)c4ccc(C(C)(C)C)cc4)cc23)c1F. The van der Waals surface area contributed by atoms with E-state index >= 15 is 4.39 Å². The first-order valence-corrected chi connectivity index (χ1v) is 15.7. The minimum Gasteiger partial charge on any atom is -0.494 e. The second-order valence-corrected chi connectivity index (χ2v) is 13.2. The number of benzene rings is 3. The second kappa shape index (κ2) is 12.4. The molecule has 43 heavy (non-hydrogen) atoms. The first-order valence-electron chi connectivity index (χ1n) is 14.2. The Bertz CT molecular complexity index is 1720. The Hall–Kier alpha value is -3.93. The van der Waals surface area contributed by atoms with Gasteiger partial charge in [0.15, 0.2) is 11.6 Å². The molecule has 3 aromatic carbocycles. The average molecular weight is 609 g/mol. The van der Waals surface area contributed by atoms with E-state index in [1.165, 1.54) is 13.2 Å². The molecule has 1 amide bonds. The zero-order valence-electron chi connectivity index (χ0n) is 24.8. The van der Waals surface area contributed by atoms with Crippen LogP contribution in [0.15, 0.2) is 65.6 Å². The van der Waals surface area contributed by atoms with Crippen LogP contribution in [0.4, 0.5) is 10.1 Å². The highest BCUT2D eigenvalue weighted by Crippen LogP contribution is 2.38. The van der Waals surface area contributed by atoms with Gasteiger partial charge in [-0.3, -0.25) is 14.4 Å². The zero-order chi connectivity index (χ0) is 30.8. The third-order valence-electron chi connectivity index (χ3n) is 7.58. The number of hydrogen-bond donors (Lipinski definition) is 3. The number of morpholine rings is 1. The number of sulfonamides is 1. The highest BCUT2D eigenvalue weighted by molar-refractivity contribution is 7.92. The fourth-order valence-electron chi connectivity index (χ4n) is 5.16. The lowest BCUT2D eigenvalue weighted by atomic mass is 9.87. The molecule has 0 saturated carbocycles. The van der Waals surface area contributed by atoms with Crippen molar-refractivity contribution in [2.24, 2.45) is 0 Å². The van der Waals surface area contributed by atoms with Crippen LogP contribution in [0, 0.1) is 5.82 Å². The average Bonchev–Trinajstić information content (AvgIpc) is 3.36. The molecular weight excluding hydrogens is 571 g/mol. The number of ether oxygens (including phenoxy) is 2. The summed E-state index contributed by atoms with van der Waals surface area (Å²) in [4.78, 5) is 18.9. The van der Waals surface area contributed by atoms with Gasteiger partial charge in [0.1, 0.15) is 5.69 Å². The Kier molecular flexibility index (Phi) is 8.77. The van der Waals surface area contributed by atoms with Gasteiger partial charge in [-0.2, -0.15) is 0 Å². The summed E-state index contributed by atoms with van der Waals surface area (Å²) in [5.41, 5.74) is 2.35. The van der Waals surface area contributed by atoms with E-state index in [1.54, 1.807) is 54.6 Å². The molecule has 11 heteroatoms. The third-order valence-corrected chi connectivity index (χ3v) is 8.98. The summed E-state index contributed by atoms with van der Waals surface area (Å²) in [7, 11) is -2.55. The van der Waals surface area contributed by atoms with Crippen molar-refractivity contribution in [1.82, 2.24) is 15.2 Å². The van der Waals surface area contributed by atoms with Gasteiger partial charge in [-0.25, -0.2) is 12.8 Å². The lowest BCUT2D eigenvalue weighted by Gasteiger charge is -2.26. The fourth-order valence-corrected chi connectivity index (χ4v) is 6.21. The van der Waals surface area contributed by atoms with Crippen LogP contribution in [0.3, 0.4) is 0 Å². The number of aromatic amines is 1. The predicted octanol–water partition coefficient (Wildman–Crippen LogP) is 5.14. The van der Waals surface area contributed by atoms with Crippen LogP contribution in [0.5, 0.6) is 5.75 Å². The molecule has 4 aromatic rings. The van der Waals surface area contributed by atoms with Crippen molar-refractivity contribution in [3.8, 4) is 16.9 Å². The highest BCUT2D eigenvalue weighted by atomic mass is 32.2. The smallest absolute Gasteiger partial charge is 0.268 e. The molecule has 0 spiro atoms. The molecule has 1 fully saturated rings. The quantitative estimate of drug-likeness (QED) is 0.243. The van der Waals surface area contributed by atoms with E-state index in [0.717, 1.165) is 18.7 Å². The van der Waals surface area contributed by atoms with Crippen molar-refractivity contribution < 1.29 is 27.1 Å². The summed E-state index contributed by atoms with van der Waals surface area (Å²) in [6.45, 7) is 10.1. The van der Waals surface area contributed by atoms with Crippen LogP contribution in [-0.4, -0.2) is 70.7 Å². The van der Waals surface area contributed by atoms with Gasteiger partial charge < -0.3 is 19.8 Å². The van der Waals surface area contributed by atoms with Gasteiger partial charge in [0.25, 0.3) is 15.9 Å². The zero-order valence-corrected chi connectivity index (χ0v) is 25.6. The number of aromatic nitrogens is 1. The van der Waals surface area contributed by atoms with E-state index in [9.17, 15) is 13.2 Å². The fraction of sp³-hybridized carbons (Fsp3) is 0.344. The van der Waals surface area contributed by atoms with Crippen LogP contribution in [-0.2, 0) is 20.2 Å². The molecule has 1 aliphatic heterocycles. The Morgan fingerprint density at radius 1 is 1.07 bits per heavy atom. The lowest BCUT2D eigenvalue weighted by molar-refractivity contribution is 0.0383. The minimum absolute atomic E-state index is 0.0288. The van der Waals surface area contributed by atoms with Crippen LogP contribution in [0.1, 0.15) is 36.8 Å². The normalized spacial score (nSPS) is 14.5. The van der Waals surface area contributed by atoms with E-state index in [0.29, 0.717) is 42.8 Å². The summed E-state index contributed by atoms with van der Waals surface area (Å²) in [6.07, 6.45) is 0. The molecule has 0 radical (unpaired) electrons. The molecule has 9 nitrogen and oxygen atoms in total. The molecule has 1 saturated heterocycles. The Labute approximate surface area is 251 Å². The highest BCUT2D eigenvalue weighted by Gasteiger charge is 2.24. The van der Waals surface area contributed by atoms with Gasteiger partial charge in [0.2, 0.25) is 0 Å². The van der Waals surface area contributed by atoms with Gasteiger partial charge in [0.05, 0.1) is 25.2 Å². The third kappa shape index (κ3) is 6.69. The number of anilines is 1. The number of nitrogens with one attached hydrogen (secondary N) is 3. The number of rotatable bonds is 9. The molecule has 0 bridgehead atoms. The van der Waals surface area contributed by atoms with Gasteiger partial charge in [-0.05, 0) is 47.4 Å². The van der Waals surface area contributed by atoms with Crippen LogP contribution in [0.2, 0.25) is 0 Å². The maximum atomic E-state index is 15.6. The number of H-pyrrole nitrogens is 1. The van der Waals surface area contributed by atoms with Crippen LogP contribution < -0.4 is 14.8 Å². The standard InChI is InChI=1S/C32H37FN4O5S/c1-32(2,3)21-8-11-23(12-9-21)43(39,40)36-22-10-13-26-25(20-22)28(24-6-5-7-27(41-4)29(24)33)30(35-26)31(38)34-14-15-37-16-18-42-19-17-37/h5-13,20,35-36H,14-19H2,1-4H3,(H,34,38). The van der Waals surface area contributed by atoms with Crippen LogP contribution in [0.25, 0.3) is 22.0 Å². The van der Waals surface area contributed by atoms with E-state index in [2.05, 4.69) is 40.7 Å². The topological polar surface area (TPSA) is 113 Å². The van der Waals surface area contributed by atoms with Crippen molar-refractivity contribution in [2.45, 2.75) is 31.1 Å². The first-order chi connectivity index (χ1) is 20.5. The number of methoxy groups -OCH3 is 1. The van der Waals surface area contributed by atoms with Crippen molar-refractivity contribution >= 4 is 32.5 Å². The lowest BCUT2D eigenvalue weighted by Crippen LogP contribution is -2.41. The first kappa shape index (κ1) is 30.5. The number of hydrogen-bond acceptors (Lipinski definition) is 6. The van der Waals surface area contributed by atoms with E-state index in [1.807, 2.05) is 0 Å². The Balaban J connectivity index is 1.49. The minimum atomic E-state index is -3.92. The molecule has 0 unspecified atom stereocenters.